The zero-order valence-electron chi connectivity index (χ0n) is 16.6. The van der Waals surface area contributed by atoms with E-state index in [4.69, 9.17) is 9.47 Å². The Bertz CT molecular complexity index is 1210. The molecule has 0 saturated heterocycles. The third kappa shape index (κ3) is 4.54. The van der Waals surface area contributed by atoms with Crippen LogP contribution in [0.2, 0.25) is 0 Å². The number of nitro groups is 1. The van der Waals surface area contributed by atoms with Crippen molar-refractivity contribution in [2.75, 3.05) is 14.2 Å². The summed E-state index contributed by atoms with van der Waals surface area (Å²) >= 11 is 1.09. The number of carbonyl (C=O) groups excluding carboxylic acids is 2. The molecule has 0 atom stereocenters. The Morgan fingerprint density at radius 3 is 2.63 bits per heavy atom. The third-order valence-electron chi connectivity index (χ3n) is 4.39. The number of thiazole rings is 1. The first-order valence-corrected chi connectivity index (χ1v) is 9.69. The normalized spacial score (nSPS) is 11.5. The Morgan fingerprint density at radius 1 is 1.20 bits per heavy atom. The summed E-state index contributed by atoms with van der Waals surface area (Å²) in [5, 5.41) is 11.1. The molecule has 0 aliphatic rings. The van der Waals surface area contributed by atoms with Gasteiger partial charge in [0.15, 0.2) is 4.80 Å². The van der Waals surface area contributed by atoms with Crippen LogP contribution in [0.3, 0.4) is 0 Å². The van der Waals surface area contributed by atoms with Gasteiger partial charge < -0.3 is 14.0 Å². The molecule has 0 N–H and O–H groups in total. The molecule has 0 spiro atoms. The van der Waals surface area contributed by atoms with Gasteiger partial charge in [-0.15, -0.1) is 0 Å². The highest BCUT2D eigenvalue weighted by atomic mass is 32.1. The molecular formula is C20H19N3O6S. The van der Waals surface area contributed by atoms with E-state index >= 15 is 0 Å². The van der Waals surface area contributed by atoms with Crippen molar-refractivity contribution >= 4 is 39.1 Å². The minimum atomic E-state index is -0.526. The Balaban J connectivity index is 2.06. The number of nitrogens with zero attached hydrogens (tertiary/aromatic N) is 3. The summed E-state index contributed by atoms with van der Waals surface area (Å²) in [6.07, 6.45) is 0.0114. The summed E-state index contributed by atoms with van der Waals surface area (Å²) in [7, 11) is 2.78. The molecule has 2 aromatic carbocycles. The average molecular weight is 429 g/mol. The number of aromatic nitrogens is 1. The molecule has 0 bridgehead atoms. The number of nitro benzene ring substituents is 1. The fraction of sp³-hybridized carbons (Fsp3) is 0.250. The number of fused-ring (bicyclic) bond motifs is 1. The fourth-order valence-corrected chi connectivity index (χ4v) is 4.04. The van der Waals surface area contributed by atoms with E-state index in [1.807, 2.05) is 19.1 Å². The minimum absolute atomic E-state index is 0.0114. The molecule has 1 heterocycles. The quantitative estimate of drug-likeness (QED) is 0.338. The number of amides is 1. The van der Waals surface area contributed by atoms with Crippen molar-refractivity contribution in [3.05, 3.63) is 62.4 Å². The predicted molar refractivity (Wildman–Crippen MR) is 110 cm³/mol. The topological polar surface area (TPSA) is 113 Å². The number of aryl methyl sites for hydroxylation is 1. The highest BCUT2D eigenvalue weighted by molar-refractivity contribution is 7.16. The number of hydrogen-bond donors (Lipinski definition) is 0. The van der Waals surface area contributed by atoms with Crippen molar-refractivity contribution in [3.8, 4) is 5.75 Å². The number of carbonyl (C=O) groups is 2. The monoisotopic (exact) mass is 429 g/mol. The lowest BCUT2D eigenvalue weighted by Gasteiger charge is -2.07. The number of rotatable bonds is 6. The highest BCUT2D eigenvalue weighted by Gasteiger charge is 2.16. The first-order chi connectivity index (χ1) is 14.3. The van der Waals surface area contributed by atoms with Crippen LogP contribution in [0, 0.1) is 17.0 Å². The zero-order chi connectivity index (χ0) is 21.8. The smallest absolute Gasteiger partial charge is 0.325 e. The average Bonchev–Trinajstić information content (AvgIpc) is 3.03. The number of non-ortho nitro benzene ring substituents is 1. The van der Waals surface area contributed by atoms with Crippen LogP contribution in [-0.4, -0.2) is 35.6 Å². The van der Waals surface area contributed by atoms with Crippen LogP contribution < -0.4 is 9.54 Å². The van der Waals surface area contributed by atoms with Crippen molar-refractivity contribution in [2.24, 2.45) is 4.99 Å². The second-order valence-electron chi connectivity index (χ2n) is 6.45. The van der Waals surface area contributed by atoms with Crippen molar-refractivity contribution in [1.82, 2.24) is 4.57 Å². The van der Waals surface area contributed by atoms with Crippen LogP contribution in [0.15, 0.2) is 41.4 Å². The molecule has 9 nitrogen and oxygen atoms in total. The molecular weight excluding hydrogens is 410 g/mol. The van der Waals surface area contributed by atoms with Gasteiger partial charge >= 0.3 is 5.97 Å². The molecule has 3 rings (SSSR count). The molecule has 3 aromatic rings. The molecule has 1 amide bonds. The summed E-state index contributed by atoms with van der Waals surface area (Å²) in [6.45, 7) is 1.74. The molecule has 0 radical (unpaired) electrons. The Hall–Kier alpha value is -3.53. The van der Waals surface area contributed by atoms with E-state index in [2.05, 4.69) is 4.99 Å². The number of benzene rings is 2. The lowest BCUT2D eigenvalue weighted by molar-refractivity contribution is -0.384. The van der Waals surface area contributed by atoms with Crippen LogP contribution in [0.25, 0.3) is 10.2 Å². The van der Waals surface area contributed by atoms with Crippen LogP contribution in [0.5, 0.6) is 5.75 Å². The van der Waals surface area contributed by atoms with E-state index in [0.29, 0.717) is 21.5 Å². The van der Waals surface area contributed by atoms with Crippen molar-refractivity contribution in [2.45, 2.75) is 19.9 Å². The molecule has 0 fully saturated rings. The summed E-state index contributed by atoms with van der Waals surface area (Å²) in [5.41, 5.74) is 2.14. The predicted octanol–water partition coefficient (Wildman–Crippen LogP) is 2.77. The van der Waals surface area contributed by atoms with Gasteiger partial charge in [-0.3, -0.25) is 19.7 Å². The molecule has 0 saturated carbocycles. The van der Waals surface area contributed by atoms with Gasteiger partial charge in [0.05, 0.1) is 35.8 Å². The van der Waals surface area contributed by atoms with Gasteiger partial charge in [0.1, 0.15) is 12.3 Å². The van der Waals surface area contributed by atoms with Crippen LogP contribution in [-0.2, 0) is 27.3 Å². The van der Waals surface area contributed by atoms with E-state index in [9.17, 15) is 19.7 Å². The molecule has 156 valence electrons. The Morgan fingerprint density at radius 2 is 1.97 bits per heavy atom. The SMILES string of the molecule is COC(=O)Cn1c(=NC(=O)Cc2cc(C)ccc2OC)sc2cc([N+](=O)[O-])ccc21. The molecule has 0 unspecified atom stereocenters. The van der Waals surface area contributed by atoms with Gasteiger partial charge in [0, 0.05) is 17.7 Å². The van der Waals surface area contributed by atoms with E-state index in [0.717, 1.165) is 16.9 Å². The van der Waals surface area contributed by atoms with Crippen LogP contribution >= 0.6 is 11.3 Å². The minimum Gasteiger partial charge on any atom is -0.496 e. The molecule has 0 aliphatic carbocycles. The van der Waals surface area contributed by atoms with Gasteiger partial charge in [0.25, 0.3) is 11.6 Å². The zero-order valence-corrected chi connectivity index (χ0v) is 17.4. The first kappa shape index (κ1) is 21.2. The number of hydrogen-bond acceptors (Lipinski definition) is 7. The molecule has 30 heavy (non-hydrogen) atoms. The maximum absolute atomic E-state index is 12.7. The van der Waals surface area contributed by atoms with Gasteiger partial charge in [0.2, 0.25) is 0 Å². The van der Waals surface area contributed by atoms with Gasteiger partial charge in [-0.2, -0.15) is 4.99 Å². The fourth-order valence-electron chi connectivity index (χ4n) is 2.96. The summed E-state index contributed by atoms with van der Waals surface area (Å²) < 4.78 is 12.1. The number of esters is 1. The standard InChI is InChI=1S/C20H19N3O6S/c1-12-4-7-16(28-2)13(8-12)9-18(24)21-20-22(11-19(25)29-3)15-6-5-14(23(26)27)10-17(15)30-20/h4-8,10H,9,11H2,1-3H3. The summed E-state index contributed by atoms with van der Waals surface area (Å²) in [6, 6.07) is 9.77. The molecule has 10 heteroatoms. The van der Waals surface area contributed by atoms with E-state index in [1.165, 1.54) is 37.0 Å². The second-order valence-corrected chi connectivity index (χ2v) is 7.46. The first-order valence-electron chi connectivity index (χ1n) is 8.88. The van der Waals surface area contributed by atoms with E-state index in [1.54, 1.807) is 6.07 Å². The second kappa shape index (κ2) is 8.87. The van der Waals surface area contributed by atoms with E-state index in [-0.39, 0.29) is 23.5 Å². The van der Waals surface area contributed by atoms with Gasteiger partial charge in [-0.25, -0.2) is 0 Å². The van der Waals surface area contributed by atoms with Gasteiger partial charge in [-0.1, -0.05) is 29.0 Å². The summed E-state index contributed by atoms with van der Waals surface area (Å²) in [5.74, 6) is -0.376. The van der Waals surface area contributed by atoms with Crippen molar-refractivity contribution in [3.63, 3.8) is 0 Å². The Labute approximate surface area is 175 Å². The number of methoxy groups -OCH3 is 2. The van der Waals surface area contributed by atoms with E-state index < -0.39 is 16.8 Å². The Kier molecular flexibility index (Phi) is 6.26. The lowest BCUT2D eigenvalue weighted by atomic mass is 10.1. The largest absolute Gasteiger partial charge is 0.496 e. The maximum Gasteiger partial charge on any atom is 0.325 e. The van der Waals surface area contributed by atoms with Crippen LogP contribution in [0.4, 0.5) is 5.69 Å². The molecule has 1 aromatic heterocycles. The highest BCUT2D eigenvalue weighted by Crippen LogP contribution is 2.24. The third-order valence-corrected chi connectivity index (χ3v) is 5.43. The van der Waals surface area contributed by atoms with Crippen LogP contribution in [0.1, 0.15) is 11.1 Å². The van der Waals surface area contributed by atoms with Gasteiger partial charge in [-0.05, 0) is 19.1 Å². The summed E-state index contributed by atoms with van der Waals surface area (Å²) in [4.78, 5) is 39.5. The lowest BCUT2D eigenvalue weighted by Crippen LogP contribution is -2.22. The van der Waals surface area contributed by atoms with Crippen molar-refractivity contribution < 1.29 is 24.0 Å². The van der Waals surface area contributed by atoms with Crippen molar-refractivity contribution in [1.29, 1.82) is 0 Å². The molecule has 0 aliphatic heterocycles. The maximum atomic E-state index is 12.7. The number of ether oxygens (including phenoxy) is 2.